The Morgan fingerprint density at radius 3 is 2.71 bits per heavy atom. The zero-order valence-corrected chi connectivity index (χ0v) is 11.0. The van der Waals surface area contributed by atoms with E-state index in [1.807, 2.05) is 12.1 Å². The van der Waals surface area contributed by atoms with E-state index in [1.54, 1.807) is 13.0 Å². The number of halogens is 1. The maximum absolute atomic E-state index is 11.8. The second kappa shape index (κ2) is 4.49. The Morgan fingerprint density at radius 1 is 1.47 bits per heavy atom. The average Bonchev–Trinajstić information content (AvgIpc) is 2.49. The molecule has 0 aliphatic carbocycles. The summed E-state index contributed by atoms with van der Waals surface area (Å²) < 4.78 is 0.817. The first-order valence-electron chi connectivity index (χ1n) is 5.37. The molecular formula is C12H13BrN2O2. The highest BCUT2D eigenvalue weighted by molar-refractivity contribution is 9.10. The van der Waals surface area contributed by atoms with Gasteiger partial charge in [0.15, 0.2) is 0 Å². The van der Waals surface area contributed by atoms with Crippen LogP contribution in [0.4, 0.5) is 5.69 Å². The lowest BCUT2D eigenvalue weighted by Gasteiger charge is -2.16. The van der Waals surface area contributed by atoms with Crippen LogP contribution in [0.3, 0.4) is 0 Å². The fourth-order valence-corrected chi connectivity index (χ4v) is 2.42. The molecule has 1 aromatic rings. The van der Waals surface area contributed by atoms with E-state index in [-0.39, 0.29) is 24.3 Å². The zero-order valence-electron chi connectivity index (χ0n) is 9.44. The predicted octanol–water partition coefficient (Wildman–Crippen LogP) is 1.93. The SMILES string of the molecule is CC1CC(=O)N(Cc2c(N)cccc2Br)C1=O. The molecule has 0 saturated carbocycles. The molecule has 0 bridgehead atoms. The smallest absolute Gasteiger partial charge is 0.232 e. The third-order valence-corrected chi connectivity index (χ3v) is 3.68. The lowest BCUT2D eigenvalue weighted by Crippen LogP contribution is -2.30. The highest BCUT2D eigenvalue weighted by Gasteiger charge is 2.35. The van der Waals surface area contributed by atoms with E-state index < -0.39 is 0 Å². The van der Waals surface area contributed by atoms with Gasteiger partial charge < -0.3 is 5.73 Å². The van der Waals surface area contributed by atoms with Crippen LogP contribution in [0.2, 0.25) is 0 Å². The molecule has 0 radical (unpaired) electrons. The molecule has 1 atom stereocenters. The number of imide groups is 1. The third-order valence-electron chi connectivity index (χ3n) is 2.94. The lowest BCUT2D eigenvalue weighted by atomic mass is 10.1. The molecule has 1 fully saturated rings. The number of rotatable bonds is 2. The molecule has 1 aliphatic heterocycles. The number of carbonyl (C=O) groups excluding carboxylic acids is 2. The minimum Gasteiger partial charge on any atom is -0.398 e. The summed E-state index contributed by atoms with van der Waals surface area (Å²) in [4.78, 5) is 24.7. The molecular weight excluding hydrogens is 284 g/mol. The number of anilines is 1. The molecule has 2 rings (SSSR count). The van der Waals surface area contributed by atoms with Crippen LogP contribution >= 0.6 is 15.9 Å². The molecule has 4 nitrogen and oxygen atoms in total. The van der Waals surface area contributed by atoms with Crippen LogP contribution in [0.5, 0.6) is 0 Å². The summed E-state index contributed by atoms with van der Waals surface area (Å²) in [5.41, 5.74) is 7.21. The van der Waals surface area contributed by atoms with Crippen molar-refractivity contribution in [1.82, 2.24) is 4.90 Å². The van der Waals surface area contributed by atoms with Crippen LogP contribution in [-0.4, -0.2) is 16.7 Å². The Bertz CT molecular complexity index is 467. The van der Waals surface area contributed by atoms with Gasteiger partial charge in [-0.05, 0) is 12.1 Å². The minimum atomic E-state index is -0.216. The van der Waals surface area contributed by atoms with Crippen LogP contribution in [0.15, 0.2) is 22.7 Å². The summed E-state index contributed by atoms with van der Waals surface area (Å²) in [6.07, 6.45) is 0.295. The normalized spacial score (nSPS) is 20.1. The van der Waals surface area contributed by atoms with E-state index in [9.17, 15) is 9.59 Å². The van der Waals surface area contributed by atoms with Crippen molar-refractivity contribution in [2.75, 3.05) is 5.73 Å². The fourth-order valence-electron chi connectivity index (χ4n) is 1.91. The number of hydrogen-bond donors (Lipinski definition) is 1. The van der Waals surface area contributed by atoms with Gasteiger partial charge in [-0.25, -0.2) is 0 Å². The van der Waals surface area contributed by atoms with Crippen molar-refractivity contribution in [3.63, 3.8) is 0 Å². The Balaban J connectivity index is 2.27. The van der Waals surface area contributed by atoms with Gasteiger partial charge in [-0.1, -0.05) is 28.9 Å². The Labute approximate surface area is 108 Å². The second-order valence-electron chi connectivity index (χ2n) is 4.23. The molecule has 0 aromatic heterocycles. The van der Waals surface area contributed by atoms with Crippen molar-refractivity contribution in [3.05, 3.63) is 28.2 Å². The first-order chi connectivity index (χ1) is 8.00. The van der Waals surface area contributed by atoms with Crippen molar-refractivity contribution >= 4 is 33.4 Å². The second-order valence-corrected chi connectivity index (χ2v) is 5.09. The van der Waals surface area contributed by atoms with Crippen molar-refractivity contribution in [1.29, 1.82) is 0 Å². The number of amides is 2. The number of benzene rings is 1. The van der Waals surface area contributed by atoms with Crippen LogP contribution in [0, 0.1) is 5.92 Å². The summed E-state index contributed by atoms with van der Waals surface area (Å²) in [7, 11) is 0. The number of hydrogen-bond acceptors (Lipinski definition) is 3. The summed E-state index contributed by atoms with van der Waals surface area (Å²) in [5, 5.41) is 0. The predicted molar refractivity (Wildman–Crippen MR) is 67.9 cm³/mol. The van der Waals surface area contributed by atoms with Crippen LogP contribution in [0.25, 0.3) is 0 Å². The quantitative estimate of drug-likeness (QED) is 0.670. The minimum absolute atomic E-state index is 0.120. The van der Waals surface area contributed by atoms with Crippen molar-refractivity contribution in [3.8, 4) is 0 Å². The lowest BCUT2D eigenvalue weighted by molar-refractivity contribution is -0.139. The Morgan fingerprint density at radius 2 is 2.18 bits per heavy atom. The van der Waals surface area contributed by atoms with Gasteiger partial charge in [0.05, 0.1) is 6.54 Å². The molecule has 1 aromatic carbocycles. The summed E-state index contributed by atoms with van der Waals surface area (Å²) in [6.45, 7) is 2.01. The van der Waals surface area contributed by atoms with Crippen LogP contribution in [0.1, 0.15) is 18.9 Å². The van der Waals surface area contributed by atoms with Crippen molar-refractivity contribution in [2.45, 2.75) is 19.9 Å². The zero-order chi connectivity index (χ0) is 12.6. The number of nitrogens with zero attached hydrogens (tertiary/aromatic N) is 1. The largest absolute Gasteiger partial charge is 0.398 e. The summed E-state index contributed by atoms with van der Waals surface area (Å²) in [5.74, 6) is -0.464. The molecule has 90 valence electrons. The van der Waals surface area contributed by atoms with E-state index in [4.69, 9.17) is 5.73 Å². The average molecular weight is 297 g/mol. The molecule has 1 saturated heterocycles. The van der Waals surface area contributed by atoms with Gasteiger partial charge in [0.25, 0.3) is 0 Å². The van der Waals surface area contributed by atoms with Crippen LogP contribution < -0.4 is 5.73 Å². The van der Waals surface area contributed by atoms with E-state index in [0.717, 1.165) is 10.0 Å². The molecule has 2 N–H and O–H groups in total. The molecule has 0 spiro atoms. The topological polar surface area (TPSA) is 63.4 Å². The first kappa shape index (κ1) is 12.1. The Hall–Kier alpha value is -1.36. The van der Waals surface area contributed by atoms with Gasteiger partial charge in [-0.15, -0.1) is 0 Å². The van der Waals surface area contributed by atoms with Crippen molar-refractivity contribution in [2.24, 2.45) is 5.92 Å². The number of carbonyl (C=O) groups is 2. The third kappa shape index (κ3) is 2.20. The highest BCUT2D eigenvalue weighted by atomic mass is 79.9. The van der Waals surface area contributed by atoms with Gasteiger partial charge in [0.1, 0.15) is 0 Å². The Kier molecular flexibility index (Phi) is 3.19. The van der Waals surface area contributed by atoms with Gasteiger partial charge in [-0.3, -0.25) is 14.5 Å². The van der Waals surface area contributed by atoms with Gasteiger partial charge in [0.2, 0.25) is 11.8 Å². The first-order valence-corrected chi connectivity index (χ1v) is 6.17. The summed E-state index contributed by atoms with van der Waals surface area (Å²) >= 11 is 3.38. The standard InChI is InChI=1S/C12H13BrN2O2/c1-7-5-11(16)15(12(7)17)6-8-9(13)3-2-4-10(8)14/h2-4,7H,5-6,14H2,1H3. The highest BCUT2D eigenvalue weighted by Crippen LogP contribution is 2.27. The van der Waals surface area contributed by atoms with E-state index in [1.165, 1.54) is 4.90 Å². The van der Waals surface area contributed by atoms with Gasteiger partial charge in [0, 0.05) is 28.1 Å². The number of nitrogens with two attached hydrogens (primary N) is 1. The molecule has 5 heteroatoms. The molecule has 1 heterocycles. The van der Waals surface area contributed by atoms with Crippen LogP contribution in [-0.2, 0) is 16.1 Å². The molecule has 2 amide bonds. The van der Waals surface area contributed by atoms with E-state index >= 15 is 0 Å². The van der Waals surface area contributed by atoms with Gasteiger partial charge >= 0.3 is 0 Å². The number of likely N-dealkylation sites (tertiary alicyclic amines) is 1. The van der Waals surface area contributed by atoms with Gasteiger partial charge in [-0.2, -0.15) is 0 Å². The fraction of sp³-hybridized carbons (Fsp3) is 0.333. The maximum atomic E-state index is 11.8. The molecule has 1 unspecified atom stereocenters. The van der Waals surface area contributed by atoms with Crippen molar-refractivity contribution < 1.29 is 9.59 Å². The molecule has 1 aliphatic rings. The van der Waals surface area contributed by atoms with E-state index in [0.29, 0.717) is 12.1 Å². The summed E-state index contributed by atoms with van der Waals surface area (Å²) in [6, 6.07) is 5.42. The van der Waals surface area contributed by atoms with E-state index in [2.05, 4.69) is 15.9 Å². The number of nitrogen functional groups attached to an aromatic ring is 1. The molecule has 17 heavy (non-hydrogen) atoms. The monoisotopic (exact) mass is 296 g/mol. The maximum Gasteiger partial charge on any atom is 0.232 e.